The second kappa shape index (κ2) is 6.58. The minimum atomic E-state index is -0.258. The molecule has 6 nitrogen and oxygen atoms in total. The van der Waals surface area contributed by atoms with Crippen LogP contribution in [0.1, 0.15) is 25.7 Å². The standard InChI is InChI=1S/C15H24N4O2/c20-10-12-3-1-5-18(8-12)14-7-15(17-11-16-14)19-6-2-4-13(21)9-19/h7,11-13,20-21H,1-6,8-10H2/t12-,13-/m1/s1. The lowest BCUT2D eigenvalue weighted by Crippen LogP contribution is -2.39. The maximum Gasteiger partial charge on any atom is 0.134 e. The normalized spacial score (nSPS) is 27.0. The number of nitrogens with zero attached hydrogens (tertiary/aromatic N) is 4. The molecule has 0 radical (unpaired) electrons. The van der Waals surface area contributed by atoms with E-state index in [1.54, 1.807) is 6.33 Å². The third kappa shape index (κ3) is 3.44. The Kier molecular flexibility index (Phi) is 4.55. The van der Waals surface area contributed by atoms with Crippen LogP contribution in [0.25, 0.3) is 0 Å². The molecule has 2 atom stereocenters. The molecule has 0 aliphatic carbocycles. The smallest absolute Gasteiger partial charge is 0.134 e. The van der Waals surface area contributed by atoms with Crippen LogP contribution in [0.5, 0.6) is 0 Å². The molecule has 116 valence electrons. The molecule has 2 saturated heterocycles. The zero-order valence-corrected chi connectivity index (χ0v) is 12.4. The highest BCUT2D eigenvalue weighted by molar-refractivity contribution is 5.50. The van der Waals surface area contributed by atoms with E-state index in [1.165, 1.54) is 0 Å². The van der Waals surface area contributed by atoms with Gasteiger partial charge in [0.1, 0.15) is 18.0 Å². The van der Waals surface area contributed by atoms with E-state index in [2.05, 4.69) is 19.8 Å². The van der Waals surface area contributed by atoms with E-state index in [-0.39, 0.29) is 12.7 Å². The highest BCUT2D eigenvalue weighted by Gasteiger charge is 2.23. The first-order valence-corrected chi connectivity index (χ1v) is 7.87. The van der Waals surface area contributed by atoms with Crippen molar-refractivity contribution in [3.05, 3.63) is 12.4 Å². The molecular formula is C15H24N4O2. The van der Waals surface area contributed by atoms with Crippen molar-refractivity contribution in [3.63, 3.8) is 0 Å². The summed E-state index contributed by atoms with van der Waals surface area (Å²) >= 11 is 0. The summed E-state index contributed by atoms with van der Waals surface area (Å²) in [6.45, 7) is 3.67. The summed E-state index contributed by atoms with van der Waals surface area (Å²) in [6, 6.07) is 2.01. The molecule has 1 aromatic heterocycles. The summed E-state index contributed by atoms with van der Waals surface area (Å²) in [4.78, 5) is 13.1. The van der Waals surface area contributed by atoms with Crippen LogP contribution in [0.3, 0.4) is 0 Å². The van der Waals surface area contributed by atoms with Gasteiger partial charge in [-0.2, -0.15) is 0 Å². The Morgan fingerprint density at radius 3 is 2.38 bits per heavy atom. The van der Waals surface area contributed by atoms with Crippen molar-refractivity contribution < 1.29 is 10.2 Å². The average Bonchev–Trinajstić information content (AvgIpc) is 2.55. The minimum absolute atomic E-state index is 0.243. The first-order valence-electron chi connectivity index (χ1n) is 7.87. The van der Waals surface area contributed by atoms with Gasteiger partial charge in [0.15, 0.2) is 0 Å². The van der Waals surface area contributed by atoms with E-state index < -0.39 is 0 Å². The number of anilines is 2. The number of aromatic nitrogens is 2. The first-order chi connectivity index (χ1) is 10.3. The summed E-state index contributed by atoms with van der Waals surface area (Å²) in [5.74, 6) is 2.16. The fraction of sp³-hybridized carbons (Fsp3) is 0.733. The SMILES string of the molecule is OC[C@@H]1CCCN(c2cc(N3CCC[C@@H](O)C3)ncn2)C1. The lowest BCUT2D eigenvalue weighted by Gasteiger charge is -2.34. The van der Waals surface area contributed by atoms with Crippen LogP contribution in [0.4, 0.5) is 11.6 Å². The third-order valence-corrected chi connectivity index (χ3v) is 4.46. The Balaban J connectivity index is 1.73. The summed E-state index contributed by atoms with van der Waals surface area (Å²) in [5, 5.41) is 19.2. The first kappa shape index (κ1) is 14.5. The topological polar surface area (TPSA) is 72.7 Å². The van der Waals surface area contributed by atoms with Crippen molar-refractivity contribution in [1.29, 1.82) is 0 Å². The van der Waals surface area contributed by atoms with E-state index in [9.17, 15) is 10.2 Å². The Bertz CT molecular complexity index is 471. The van der Waals surface area contributed by atoms with E-state index in [0.29, 0.717) is 12.5 Å². The molecule has 0 saturated carbocycles. The number of β-amino-alcohol motifs (C(OH)–C–C–N with tert-alkyl or cyclic N) is 1. The highest BCUT2D eigenvalue weighted by atomic mass is 16.3. The van der Waals surface area contributed by atoms with Crippen molar-refractivity contribution >= 4 is 11.6 Å². The number of rotatable bonds is 3. The molecule has 0 bridgehead atoms. The number of hydrogen-bond acceptors (Lipinski definition) is 6. The number of piperidine rings is 2. The van der Waals surface area contributed by atoms with Gasteiger partial charge >= 0.3 is 0 Å². The summed E-state index contributed by atoms with van der Waals surface area (Å²) in [7, 11) is 0. The highest BCUT2D eigenvalue weighted by Crippen LogP contribution is 2.25. The van der Waals surface area contributed by atoms with E-state index >= 15 is 0 Å². The van der Waals surface area contributed by atoms with Gasteiger partial charge in [0, 0.05) is 38.9 Å². The van der Waals surface area contributed by atoms with Crippen molar-refractivity contribution in [2.24, 2.45) is 5.92 Å². The van der Waals surface area contributed by atoms with Crippen LogP contribution in [0.2, 0.25) is 0 Å². The number of hydrogen-bond donors (Lipinski definition) is 2. The fourth-order valence-corrected chi connectivity index (χ4v) is 3.27. The molecule has 0 unspecified atom stereocenters. The fourth-order valence-electron chi connectivity index (χ4n) is 3.27. The van der Waals surface area contributed by atoms with Gasteiger partial charge in [-0.15, -0.1) is 0 Å². The van der Waals surface area contributed by atoms with Gasteiger partial charge in [-0.1, -0.05) is 0 Å². The molecule has 3 rings (SSSR count). The number of aliphatic hydroxyl groups excluding tert-OH is 2. The van der Waals surface area contributed by atoms with Gasteiger partial charge in [0.05, 0.1) is 6.10 Å². The monoisotopic (exact) mass is 292 g/mol. The Morgan fingerprint density at radius 1 is 1.05 bits per heavy atom. The predicted molar refractivity (Wildman–Crippen MR) is 81.5 cm³/mol. The molecule has 2 fully saturated rings. The van der Waals surface area contributed by atoms with Gasteiger partial charge in [-0.05, 0) is 31.6 Å². The maximum atomic E-state index is 9.80. The van der Waals surface area contributed by atoms with E-state index in [4.69, 9.17) is 0 Å². The molecule has 0 spiro atoms. The van der Waals surface area contributed by atoms with Crippen LogP contribution >= 0.6 is 0 Å². The summed E-state index contributed by atoms with van der Waals surface area (Å²) in [5.41, 5.74) is 0. The van der Waals surface area contributed by atoms with Gasteiger partial charge in [-0.25, -0.2) is 9.97 Å². The van der Waals surface area contributed by atoms with Crippen molar-refractivity contribution in [1.82, 2.24) is 9.97 Å². The van der Waals surface area contributed by atoms with Crippen molar-refractivity contribution in [2.45, 2.75) is 31.8 Å². The van der Waals surface area contributed by atoms with Crippen LogP contribution in [0, 0.1) is 5.92 Å². The van der Waals surface area contributed by atoms with Gasteiger partial charge in [-0.3, -0.25) is 0 Å². The molecular weight excluding hydrogens is 268 g/mol. The predicted octanol–water partition coefficient (Wildman–Crippen LogP) is 0.646. The van der Waals surface area contributed by atoms with Crippen LogP contribution < -0.4 is 9.80 Å². The third-order valence-electron chi connectivity index (χ3n) is 4.46. The van der Waals surface area contributed by atoms with Crippen LogP contribution in [-0.4, -0.2) is 59.1 Å². The molecule has 2 aliphatic rings. The minimum Gasteiger partial charge on any atom is -0.396 e. The second-order valence-electron chi connectivity index (χ2n) is 6.11. The average molecular weight is 292 g/mol. The van der Waals surface area contributed by atoms with Crippen LogP contribution in [-0.2, 0) is 0 Å². The molecule has 6 heteroatoms. The largest absolute Gasteiger partial charge is 0.396 e. The zero-order valence-electron chi connectivity index (χ0n) is 12.4. The van der Waals surface area contributed by atoms with E-state index in [1.807, 2.05) is 6.07 Å². The van der Waals surface area contributed by atoms with Gasteiger partial charge in [0.25, 0.3) is 0 Å². The molecule has 0 aromatic carbocycles. The quantitative estimate of drug-likeness (QED) is 0.852. The molecule has 3 heterocycles. The Morgan fingerprint density at radius 2 is 1.71 bits per heavy atom. The molecule has 21 heavy (non-hydrogen) atoms. The van der Waals surface area contributed by atoms with E-state index in [0.717, 1.165) is 57.0 Å². The summed E-state index contributed by atoms with van der Waals surface area (Å²) < 4.78 is 0. The lowest BCUT2D eigenvalue weighted by atomic mass is 9.99. The maximum absolute atomic E-state index is 9.80. The Labute approximate surface area is 125 Å². The van der Waals surface area contributed by atoms with Crippen LogP contribution in [0.15, 0.2) is 12.4 Å². The molecule has 2 aliphatic heterocycles. The van der Waals surface area contributed by atoms with Crippen molar-refractivity contribution in [2.75, 3.05) is 42.6 Å². The lowest BCUT2D eigenvalue weighted by molar-refractivity contribution is 0.154. The summed E-state index contributed by atoms with van der Waals surface area (Å²) in [6.07, 6.45) is 5.39. The Hall–Kier alpha value is -1.40. The molecule has 0 amide bonds. The van der Waals surface area contributed by atoms with Gasteiger partial charge < -0.3 is 20.0 Å². The van der Waals surface area contributed by atoms with Crippen molar-refractivity contribution in [3.8, 4) is 0 Å². The van der Waals surface area contributed by atoms with Gasteiger partial charge in [0.2, 0.25) is 0 Å². The molecule has 2 N–H and O–H groups in total. The number of aliphatic hydroxyl groups is 2. The molecule has 1 aromatic rings. The zero-order chi connectivity index (χ0) is 14.7. The second-order valence-corrected chi connectivity index (χ2v) is 6.11.